The molecular weight excluding hydrogens is 841 g/mol. The van der Waals surface area contributed by atoms with Gasteiger partial charge in [-0.2, -0.15) is 9.97 Å². The molecule has 14 rings (SSSR count). The Labute approximate surface area is 403 Å². The van der Waals surface area contributed by atoms with E-state index >= 15 is 0 Å². The summed E-state index contributed by atoms with van der Waals surface area (Å²) in [7, 11) is 0. The van der Waals surface area contributed by atoms with Gasteiger partial charge < -0.3 is 9.80 Å². The molecule has 2 spiro atoms. The summed E-state index contributed by atoms with van der Waals surface area (Å²) in [5, 5.41) is 2.32. The lowest BCUT2D eigenvalue weighted by Crippen LogP contribution is -2.37. The van der Waals surface area contributed by atoms with Crippen molar-refractivity contribution in [2.45, 2.75) is 75.0 Å². The Bertz CT molecular complexity index is 3300. The second-order valence-corrected chi connectivity index (χ2v) is 19.7. The zero-order valence-electron chi connectivity index (χ0n) is 38.7. The molecule has 0 amide bonds. The summed E-state index contributed by atoms with van der Waals surface area (Å²) in [5.41, 5.74) is 16.6. The van der Waals surface area contributed by atoms with E-state index in [2.05, 4.69) is 208 Å². The fraction of sp³-hybridized carbons (Fsp3) is 0.190. The Morgan fingerprint density at radius 1 is 0.304 bits per heavy atom. The molecule has 0 radical (unpaired) electrons. The Morgan fingerprint density at radius 3 is 1.01 bits per heavy atom. The van der Waals surface area contributed by atoms with Gasteiger partial charge in [0, 0.05) is 32.7 Å². The number of rotatable bonds is 5. The van der Waals surface area contributed by atoms with Gasteiger partial charge in [-0.15, -0.1) is 0 Å². The van der Waals surface area contributed by atoms with Gasteiger partial charge in [0.1, 0.15) is 0 Å². The third-order valence-corrected chi connectivity index (χ3v) is 16.2. The van der Waals surface area contributed by atoms with Crippen molar-refractivity contribution < 1.29 is 0 Å². The van der Waals surface area contributed by atoms with Gasteiger partial charge in [0.25, 0.3) is 0 Å². The lowest BCUT2D eigenvalue weighted by Gasteiger charge is -2.47. The van der Waals surface area contributed by atoms with Crippen LogP contribution in [0, 0.1) is 0 Å². The van der Waals surface area contributed by atoms with Crippen LogP contribution in [0.25, 0.3) is 50.5 Å². The minimum Gasteiger partial charge on any atom is -0.309 e. The second kappa shape index (κ2) is 15.9. The molecule has 334 valence electrons. The van der Waals surface area contributed by atoms with E-state index < -0.39 is 0 Å². The zero-order chi connectivity index (χ0) is 45.5. The largest absolute Gasteiger partial charge is 0.309 e. The summed E-state index contributed by atoms with van der Waals surface area (Å²) in [6, 6.07) is 71.3. The van der Waals surface area contributed by atoms with E-state index in [-0.39, 0.29) is 10.8 Å². The fourth-order valence-electron chi connectivity index (χ4n) is 13.3. The molecular formula is C63H52N6. The highest BCUT2D eigenvalue weighted by Crippen LogP contribution is 2.60. The van der Waals surface area contributed by atoms with Crippen LogP contribution < -0.4 is 9.80 Å². The van der Waals surface area contributed by atoms with E-state index in [1.165, 1.54) is 83.5 Å². The Morgan fingerprint density at radius 2 is 0.623 bits per heavy atom. The molecule has 0 bridgehead atoms. The highest BCUT2D eigenvalue weighted by atomic mass is 15.2. The first-order valence-electron chi connectivity index (χ1n) is 25.1. The van der Waals surface area contributed by atoms with Crippen LogP contribution in [-0.4, -0.2) is 19.5 Å². The predicted molar refractivity (Wildman–Crippen MR) is 282 cm³/mol. The van der Waals surface area contributed by atoms with Crippen LogP contribution in [0.5, 0.6) is 0 Å². The molecule has 2 aromatic heterocycles. The van der Waals surface area contributed by atoms with Crippen molar-refractivity contribution in [3.63, 3.8) is 0 Å². The van der Waals surface area contributed by atoms with Crippen LogP contribution in [0.2, 0.25) is 0 Å². The van der Waals surface area contributed by atoms with Crippen LogP contribution in [0.15, 0.2) is 194 Å². The van der Waals surface area contributed by atoms with E-state index in [1.54, 1.807) is 0 Å². The molecule has 2 saturated carbocycles. The molecule has 0 unspecified atom stereocenters. The molecule has 4 aliphatic rings. The lowest BCUT2D eigenvalue weighted by molar-refractivity contribution is 0.344. The fourth-order valence-corrected chi connectivity index (χ4v) is 13.3. The maximum Gasteiger partial charge on any atom is 0.238 e. The monoisotopic (exact) mass is 892 g/mol. The molecule has 10 aromatic rings. The molecule has 6 nitrogen and oxygen atoms in total. The lowest BCUT2D eigenvalue weighted by atomic mass is 9.62. The van der Waals surface area contributed by atoms with Crippen molar-refractivity contribution in [1.29, 1.82) is 0 Å². The van der Waals surface area contributed by atoms with Crippen LogP contribution >= 0.6 is 0 Å². The molecule has 0 N–H and O–H groups in total. The van der Waals surface area contributed by atoms with E-state index in [1.807, 2.05) is 0 Å². The van der Waals surface area contributed by atoms with Crippen LogP contribution in [0.3, 0.4) is 0 Å². The molecule has 6 heteroatoms. The molecule has 2 aliphatic carbocycles. The summed E-state index contributed by atoms with van der Waals surface area (Å²) in [4.78, 5) is 21.8. The normalized spacial score (nSPS) is 16.6. The summed E-state index contributed by atoms with van der Waals surface area (Å²) in [5.74, 6) is 1.82. The minimum absolute atomic E-state index is 0.0209. The number of hydrogen-bond acceptors (Lipinski definition) is 5. The summed E-state index contributed by atoms with van der Waals surface area (Å²) in [6.07, 6.45) is 12.1. The Balaban J connectivity index is 1.02. The van der Waals surface area contributed by atoms with Crippen molar-refractivity contribution in [3.05, 3.63) is 216 Å². The Kier molecular flexibility index (Phi) is 9.27. The SMILES string of the molecule is c1ccc(N2c3ccccc3C3(CCCCC3)c3ccccc32)c(-c2nc(-c3ccccc3N3c4ccccc4C4(CCCCC4)c4ccccc43)nc(-n3c4ccccc4c4ccccc43)n2)c1. The number of fused-ring (bicyclic) bond motifs is 11. The first kappa shape index (κ1) is 40.3. The molecule has 2 aliphatic heterocycles. The van der Waals surface area contributed by atoms with Crippen molar-refractivity contribution in [1.82, 2.24) is 19.5 Å². The van der Waals surface area contributed by atoms with Crippen LogP contribution in [-0.2, 0) is 10.8 Å². The smallest absolute Gasteiger partial charge is 0.238 e. The molecule has 8 aromatic carbocycles. The van der Waals surface area contributed by atoms with Crippen molar-refractivity contribution >= 4 is 55.9 Å². The number of benzene rings is 8. The highest BCUT2D eigenvalue weighted by Gasteiger charge is 2.46. The quantitative estimate of drug-likeness (QED) is 0.172. The predicted octanol–water partition coefficient (Wildman–Crippen LogP) is 16.4. The Hall–Kier alpha value is -7.83. The average Bonchev–Trinajstić information content (AvgIpc) is 3.76. The third-order valence-electron chi connectivity index (χ3n) is 16.2. The van der Waals surface area contributed by atoms with Gasteiger partial charge in [0.2, 0.25) is 5.95 Å². The average molecular weight is 893 g/mol. The van der Waals surface area contributed by atoms with E-state index in [9.17, 15) is 0 Å². The van der Waals surface area contributed by atoms with E-state index in [4.69, 9.17) is 15.0 Å². The van der Waals surface area contributed by atoms with Crippen LogP contribution in [0.4, 0.5) is 34.1 Å². The van der Waals surface area contributed by atoms with Crippen molar-refractivity contribution in [2.75, 3.05) is 9.80 Å². The number of nitrogens with zero attached hydrogens (tertiary/aromatic N) is 6. The van der Waals surface area contributed by atoms with Gasteiger partial charge in [-0.3, -0.25) is 4.57 Å². The second-order valence-electron chi connectivity index (χ2n) is 19.7. The summed E-state index contributed by atoms with van der Waals surface area (Å²) in [6.45, 7) is 0. The van der Waals surface area contributed by atoms with Crippen molar-refractivity contribution in [2.24, 2.45) is 0 Å². The van der Waals surface area contributed by atoms with Crippen molar-refractivity contribution in [3.8, 4) is 28.7 Å². The number of anilines is 6. The zero-order valence-corrected chi connectivity index (χ0v) is 38.7. The molecule has 0 saturated heterocycles. The van der Waals surface area contributed by atoms with Crippen LogP contribution in [0.1, 0.15) is 86.5 Å². The molecule has 0 atom stereocenters. The standard InChI is InChI=1S/C63H52N6/c1-19-39-62(40-20-1)47-27-7-15-35-55(47)67(56-36-16-8-28-48(56)62)53-33-13-5-25-45(53)59-64-60(66-61(65-59)69-51-31-11-3-23-43(51)44-24-4-12-32-52(44)69)46-26-6-14-34-54(46)68-57-37-17-9-29-49(57)63(41-21-2-22-42-63)50-30-10-18-38-58(50)68/h3-18,23-38H,1-2,19-22,39-42H2. The molecule has 4 heterocycles. The first-order chi connectivity index (χ1) is 34.2. The topological polar surface area (TPSA) is 50.1 Å². The first-order valence-corrected chi connectivity index (χ1v) is 25.1. The number of aromatic nitrogens is 4. The number of hydrogen-bond donors (Lipinski definition) is 0. The maximum absolute atomic E-state index is 5.66. The maximum atomic E-state index is 5.66. The van der Waals surface area contributed by atoms with Gasteiger partial charge in [0.05, 0.1) is 45.2 Å². The summed E-state index contributed by atoms with van der Waals surface area (Å²) >= 11 is 0. The van der Waals surface area contributed by atoms with Gasteiger partial charge >= 0.3 is 0 Å². The van der Waals surface area contributed by atoms with Gasteiger partial charge in [0.15, 0.2) is 11.6 Å². The van der Waals surface area contributed by atoms with Gasteiger partial charge in [-0.1, -0.05) is 172 Å². The van der Waals surface area contributed by atoms with Gasteiger partial charge in [-0.25, -0.2) is 4.98 Å². The van der Waals surface area contributed by atoms with E-state index in [0.29, 0.717) is 17.6 Å². The molecule has 2 fully saturated rings. The summed E-state index contributed by atoms with van der Waals surface area (Å²) < 4.78 is 2.24. The highest BCUT2D eigenvalue weighted by molar-refractivity contribution is 6.09. The minimum atomic E-state index is -0.0209. The van der Waals surface area contributed by atoms with Gasteiger partial charge in [-0.05, 0) is 109 Å². The molecule has 69 heavy (non-hydrogen) atoms. The van der Waals surface area contributed by atoms with E-state index in [0.717, 1.165) is 70.0 Å². The number of para-hydroxylation sites is 8. The third kappa shape index (κ3) is 6.00.